The van der Waals surface area contributed by atoms with Gasteiger partial charge in [-0.05, 0) is 19.1 Å². The molecule has 0 saturated carbocycles. The minimum Gasteiger partial charge on any atom is -0.304 e. The second-order valence-electron chi connectivity index (χ2n) is 2.94. The Hall–Kier alpha value is -1.71. The SMILES string of the molecule is Cc1nccn1-c1ccc(F)c(F)c1. The van der Waals surface area contributed by atoms with Crippen LogP contribution in [0.4, 0.5) is 8.78 Å². The van der Waals surface area contributed by atoms with Crippen molar-refractivity contribution in [1.82, 2.24) is 9.55 Å². The Morgan fingerprint density at radius 2 is 2.00 bits per heavy atom. The molecule has 0 fully saturated rings. The van der Waals surface area contributed by atoms with Crippen molar-refractivity contribution in [3.63, 3.8) is 0 Å². The van der Waals surface area contributed by atoms with E-state index >= 15 is 0 Å². The molecule has 14 heavy (non-hydrogen) atoms. The van der Waals surface area contributed by atoms with Crippen LogP contribution in [0.1, 0.15) is 5.82 Å². The van der Waals surface area contributed by atoms with Crippen LogP contribution in [-0.4, -0.2) is 9.55 Å². The Morgan fingerprint density at radius 1 is 1.21 bits per heavy atom. The van der Waals surface area contributed by atoms with Gasteiger partial charge in [-0.1, -0.05) is 0 Å². The monoisotopic (exact) mass is 194 g/mol. The van der Waals surface area contributed by atoms with Crippen LogP contribution in [-0.2, 0) is 0 Å². The van der Waals surface area contributed by atoms with Crippen LogP contribution in [0.5, 0.6) is 0 Å². The highest BCUT2D eigenvalue weighted by Crippen LogP contribution is 2.14. The summed E-state index contributed by atoms with van der Waals surface area (Å²) >= 11 is 0. The maximum Gasteiger partial charge on any atom is 0.160 e. The van der Waals surface area contributed by atoms with Crippen molar-refractivity contribution in [1.29, 1.82) is 0 Å². The van der Waals surface area contributed by atoms with E-state index < -0.39 is 11.6 Å². The average Bonchev–Trinajstić information content (AvgIpc) is 2.57. The summed E-state index contributed by atoms with van der Waals surface area (Å²) in [4.78, 5) is 3.99. The van der Waals surface area contributed by atoms with Crippen LogP contribution in [0.3, 0.4) is 0 Å². The van der Waals surface area contributed by atoms with Gasteiger partial charge in [0.15, 0.2) is 11.6 Å². The summed E-state index contributed by atoms with van der Waals surface area (Å²) < 4.78 is 27.2. The predicted molar refractivity (Wildman–Crippen MR) is 48.2 cm³/mol. The summed E-state index contributed by atoms with van der Waals surface area (Å²) in [6.07, 6.45) is 3.30. The fraction of sp³-hybridized carbons (Fsp3) is 0.100. The van der Waals surface area contributed by atoms with Crippen molar-refractivity contribution in [2.24, 2.45) is 0 Å². The summed E-state index contributed by atoms with van der Waals surface area (Å²) in [5, 5.41) is 0. The second kappa shape index (κ2) is 3.21. The van der Waals surface area contributed by atoms with Gasteiger partial charge in [-0.3, -0.25) is 0 Å². The first kappa shape index (κ1) is 8.87. The number of hydrogen-bond donors (Lipinski definition) is 0. The lowest BCUT2D eigenvalue weighted by atomic mass is 10.3. The lowest BCUT2D eigenvalue weighted by Gasteiger charge is -2.04. The molecule has 2 aromatic rings. The van der Waals surface area contributed by atoms with Crippen LogP contribution in [0, 0.1) is 18.6 Å². The van der Waals surface area contributed by atoms with Crippen molar-refractivity contribution in [2.45, 2.75) is 6.92 Å². The van der Waals surface area contributed by atoms with E-state index in [0.29, 0.717) is 5.69 Å². The largest absolute Gasteiger partial charge is 0.304 e. The van der Waals surface area contributed by atoms with E-state index in [-0.39, 0.29) is 0 Å². The third-order valence-electron chi connectivity index (χ3n) is 2.01. The molecule has 72 valence electrons. The van der Waals surface area contributed by atoms with Gasteiger partial charge in [-0.15, -0.1) is 0 Å². The van der Waals surface area contributed by atoms with E-state index in [0.717, 1.165) is 18.0 Å². The zero-order valence-corrected chi connectivity index (χ0v) is 7.54. The van der Waals surface area contributed by atoms with Crippen LogP contribution < -0.4 is 0 Å². The third-order valence-corrected chi connectivity index (χ3v) is 2.01. The average molecular weight is 194 g/mol. The number of aryl methyl sites for hydroxylation is 1. The van der Waals surface area contributed by atoms with E-state index in [4.69, 9.17) is 0 Å². The zero-order valence-electron chi connectivity index (χ0n) is 7.54. The number of nitrogens with zero attached hydrogens (tertiary/aromatic N) is 2. The molecule has 0 aliphatic carbocycles. The highest BCUT2D eigenvalue weighted by Gasteiger charge is 2.05. The van der Waals surface area contributed by atoms with Gasteiger partial charge in [0.2, 0.25) is 0 Å². The Labute approximate surface area is 79.8 Å². The molecule has 0 saturated heterocycles. The first-order valence-electron chi connectivity index (χ1n) is 4.14. The van der Waals surface area contributed by atoms with E-state index in [2.05, 4.69) is 4.98 Å². The van der Waals surface area contributed by atoms with Gasteiger partial charge < -0.3 is 4.57 Å². The number of halogens is 2. The number of imidazole rings is 1. The van der Waals surface area contributed by atoms with Gasteiger partial charge in [0.1, 0.15) is 5.82 Å². The quantitative estimate of drug-likeness (QED) is 0.681. The van der Waals surface area contributed by atoms with E-state index in [1.165, 1.54) is 6.07 Å². The van der Waals surface area contributed by atoms with Crippen LogP contribution in [0.25, 0.3) is 5.69 Å². The molecule has 0 atom stereocenters. The molecule has 1 aromatic carbocycles. The lowest BCUT2D eigenvalue weighted by molar-refractivity contribution is 0.508. The Bertz CT molecular complexity index is 463. The summed E-state index contributed by atoms with van der Waals surface area (Å²) in [6.45, 7) is 1.79. The Kier molecular flexibility index (Phi) is 2.04. The second-order valence-corrected chi connectivity index (χ2v) is 2.94. The predicted octanol–water partition coefficient (Wildman–Crippen LogP) is 2.46. The van der Waals surface area contributed by atoms with Crippen molar-refractivity contribution >= 4 is 0 Å². The molecule has 0 amide bonds. The van der Waals surface area contributed by atoms with Gasteiger partial charge in [0.25, 0.3) is 0 Å². The number of rotatable bonds is 1. The lowest BCUT2D eigenvalue weighted by Crippen LogP contribution is -1.97. The highest BCUT2D eigenvalue weighted by molar-refractivity contribution is 5.33. The fourth-order valence-electron chi connectivity index (χ4n) is 1.29. The molecule has 0 aliphatic heterocycles. The minimum absolute atomic E-state index is 0.568. The molecular formula is C10H8F2N2. The molecule has 2 nitrogen and oxygen atoms in total. The van der Waals surface area contributed by atoms with Crippen molar-refractivity contribution in [3.8, 4) is 5.69 Å². The molecule has 0 bridgehead atoms. The van der Waals surface area contributed by atoms with Gasteiger partial charge in [0, 0.05) is 24.1 Å². The van der Waals surface area contributed by atoms with Crippen molar-refractivity contribution in [3.05, 3.63) is 48.1 Å². The number of hydrogen-bond acceptors (Lipinski definition) is 1. The molecule has 0 radical (unpaired) electrons. The summed E-state index contributed by atoms with van der Waals surface area (Å²) in [5.41, 5.74) is 0.568. The standard InChI is InChI=1S/C10H8F2N2/c1-7-13-4-5-14(7)8-2-3-9(11)10(12)6-8/h2-6H,1H3. The summed E-state index contributed by atoms with van der Waals surface area (Å²) in [5.74, 6) is -0.960. The maximum absolute atomic E-state index is 12.9. The molecule has 1 heterocycles. The smallest absolute Gasteiger partial charge is 0.160 e. The summed E-state index contributed by atoms with van der Waals surface area (Å²) in [6, 6.07) is 3.75. The van der Waals surface area contributed by atoms with E-state index in [1.807, 2.05) is 0 Å². The molecule has 0 aliphatic rings. The topological polar surface area (TPSA) is 17.8 Å². The van der Waals surface area contributed by atoms with Crippen molar-refractivity contribution in [2.75, 3.05) is 0 Å². The van der Waals surface area contributed by atoms with Crippen molar-refractivity contribution < 1.29 is 8.78 Å². The Balaban J connectivity index is 2.53. The van der Waals surface area contributed by atoms with E-state index in [1.54, 1.807) is 23.9 Å². The first-order chi connectivity index (χ1) is 6.68. The molecule has 0 N–H and O–H groups in total. The maximum atomic E-state index is 12.9. The zero-order chi connectivity index (χ0) is 10.1. The molecule has 0 unspecified atom stereocenters. The minimum atomic E-state index is -0.851. The third kappa shape index (κ3) is 1.39. The van der Waals surface area contributed by atoms with Crippen LogP contribution >= 0.6 is 0 Å². The Morgan fingerprint density at radius 3 is 2.57 bits per heavy atom. The molecule has 1 aromatic heterocycles. The van der Waals surface area contributed by atoms with Crippen LogP contribution in [0.2, 0.25) is 0 Å². The number of benzene rings is 1. The first-order valence-corrected chi connectivity index (χ1v) is 4.14. The van der Waals surface area contributed by atoms with Crippen LogP contribution in [0.15, 0.2) is 30.6 Å². The van der Waals surface area contributed by atoms with Gasteiger partial charge in [0.05, 0.1) is 0 Å². The van der Waals surface area contributed by atoms with Gasteiger partial charge in [-0.2, -0.15) is 0 Å². The normalized spacial score (nSPS) is 10.5. The molecule has 0 spiro atoms. The van der Waals surface area contributed by atoms with Gasteiger partial charge in [-0.25, -0.2) is 13.8 Å². The highest BCUT2D eigenvalue weighted by atomic mass is 19.2. The molecular weight excluding hydrogens is 186 g/mol. The van der Waals surface area contributed by atoms with E-state index in [9.17, 15) is 8.78 Å². The molecule has 4 heteroatoms. The fourth-order valence-corrected chi connectivity index (χ4v) is 1.29. The number of aromatic nitrogens is 2. The molecule has 2 rings (SSSR count). The van der Waals surface area contributed by atoms with Gasteiger partial charge >= 0.3 is 0 Å². The summed E-state index contributed by atoms with van der Waals surface area (Å²) in [7, 11) is 0.